The number of esters is 1. The van der Waals surface area contributed by atoms with Crippen molar-refractivity contribution in [3.05, 3.63) is 0 Å². The summed E-state index contributed by atoms with van der Waals surface area (Å²) in [5.41, 5.74) is -2.77. The lowest BCUT2D eigenvalue weighted by Gasteiger charge is -2.48. The van der Waals surface area contributed by atoms with Crippen LogP contribution in [0.5, 0.6) is 0 Å². The Morgan fingerprint density at radius 1 is 0.900 bits per heavy atom. The molecule has 13 heteroatoms. The predicted octanol–water partition coefficient (Wildman–Crippen LogP) is 2.88. The summed E-state index contributed by atoms with van der Waals surface area (Å²) in [7, 11) is 5.21. The smallest absolute Gasteiger partial charge is 0.311 e. The Morgan fingerprint density at radius 2 is 1.52 bits per heavy atom. The largest absolute Gasteiger partial charge is 0.461 e. The summed E-state index contributed by atoms with van der Waals surface area (Å²) in [6.07, 6.45) is -7.14. The summed E-state index contributed by atoms with van der Waals surface area (Å²) in [4.78, 5) is 43.2. The molecule has 3 rings (SSSR count). The molecule has 0 amide bonds. The quantitative estimate of drug-likeness (QED) is 0.260. The molecular weight excluding hydrogens is 650 g/mol. The third-order valence-electron chi connectivity index (χ3n) is 11.5. The summed E-state index contributed by atoms with van der Waals surface area (Å²) >= 11 is 0. The standard InChI is InChI=1S/C37H65NO12/c1-14-26-20(4)29(40)21(5)28(39)18(2)16-36(9,44)33(50-35-30(41)25(38(11)12)15-19(3)46-35)22(6)31(23(7)34(43)48-26)49-27-17-37(10,45-13)32(42)24(8)47-27/h18-27,30-33,35,41-42,44H,14-17H2,1-13H3. The van der Waals surface area contributed by atoms with Crippen molar-refractivity contribution in [3.63, 3.8) is 0 Å². The maximum Gasteiger partial charge on any atom is 0.311 e. The van der Waals surface area contributed by atoms with Gasteiger partial charge in [0, 0.05) is 31.4 Å². The van der Waals surface area contributed by atoms with E-state index in [4.69, 9.17) is 28.4 Å². The van der Waals surface area contributed by atoms with E-state index in [-0.39, 0.29) is 36.6 Å². The summed E-state index contributed by atoms with van der Waals surface area (Å²) in [5, 5.41) is 34.7. The van der Waals surface area contributed by atoms with E-state index in [2.05, 4.69) is 0 Å². The first-order valence-electron chi connectivity index (χ1n) is 18.3. The molecule has 0 aromatic heterocycles. The Hall–Kier alpha value is -1.55. The number of aliphatic hydroxyl groups is 3. The van der Waals surface area contributed by atoms with E-state index in [9.17, 15) is 29.7 Å². The number of hydrogen-bond acceptors (Lipinski definition) is 13. The van der Waals surface area contributed by atoms with Crippen molar-refractivity contribution in [2.45, 2.75) is 167 Å². The number of nitrogens with zero attached hydrogens (tertiary/aromatic N) is 1. The second-order valence-electron chi connectivity index (χ2n) is 16.0. The van der Waals surface area contributed by atoms with Crippen LogP contribution in [0.4, 0.5) is 0 Å². The van der Waals surface area contributed by atoms with E-state index >= 15 is 0 Å². The highest BCUT2D eigenvalue weighted by molar-refractivity contribution is 6.04. The summed E-state index contributed by atoms with van der Waals surface area (Å²) in [5.74, 6) is -5.57. The molecule has 3 saturated heterocycles. The molecule has 13 nitrogen and oxygen atoms in total. The molecule has 0 saturated carbocycles. The fourth-order valence-corrected chi connectivity index (χ4v) is 8.19. The van der Waals surface area contributed by atoms with Gasteiger partial charge in [0.25, 0.3) is 0 Å². The van der Waals surface area contributed by atoms with E-state index in [1.807, 2.05) is 32.8 Å². The SMILES string of the molecule is CCC1OC(=O)C(C)C(OC2CC(C)(OC)C(O)C(C)O2)C(C)C(OC2OC(C)CC(N(C)C)C2O)C(C)(O)CC(C)C(=O)C(C)C(=O)C1C. The number of ether oxygens (including phenoxy) is 6. The van der Waals surface area contributed by atoms with E-state index in [0.717, 1.165) is 0 Å². The normalized spacial score (nSPS) is 47.5. The predicted molar refractivity (Wildman–Crippen MR) is 184 cm³/mol. The molecule has 3 N–H and O–H groups in total. The summed E-state index contributed by atoms with van der Waals surface area (Å²) in [6.45, 7) is 17.0. The summed E-state index contributed by atoms with van der Waals surface area (Å²) < 4.78 is 37.2. The van der Waals surface area contributed by atoms with Gasteiger partial charge >= 0.3 is 5.97 Å². The van der Waals surface area contributed by atoms with Gasteiger partial charge in [-0.3, -0.25) is 14.4 Å². The van der Waals surface area contributed by atoms with Gasteiger partial charge in [0.05, 0.1) is 53.4 Å². The first kappa shape index (κ1) is 42.9. The highest BCUT2D eigenvalue weighted by Crippen LogP contribution is 2.40. The van der Waals surface area contributed by atoms with Crippen LogP contribution in [0.1, 0.15) is 94.9 Å². The van der Waals surface area contributed by atoms with Gasteiger partial charge < -0.3 is 48.6 Å². The third-order valence-corrected chi connectivity index (χ3v) is 11.5. The molecule has 3 aliphatic heterocycles. The fourth-order valence-electron chi connectivity index (χ4n) is 8.19. The van der Waals surface area contributed by atoms with Gasteiger partial charge in [-0.05, 0) is 74.9 Å². The number of carbonyl (C=O) groups excluding carboxylic acids is 3. The van der Waals surface area contributed by atoms with E-state index in [1.165, 1.54) is 7.11 Å². The maximum atomic E-state index is 14.0. The van der Waals surface area contributed by atoms with Crippen molar-refractivity contribution < 1.29 is 58.1 Å². The minimum absolute atomic E-state index is 0.0873. The second kappa shape index (κ2) is 17.1. The fraction of sp³-hybridized carbons (Fsp3) is 0.919. The van der Waals surface area contributed by atoms with Gasteiger partial charge in [-0.25, -0.2) is 0 Å². The number of methoxy groups -OCH3 is 1. The lowest BCUT2D eigenvalue weighted by atomic mass is 9.75. The molecule has 17 atom stereocenters. The highest BCUT2D eigenvalue weighted by Gasteiger charge is 2.52. The molecular formula is C37H65NO12. The van der Waals surface area contributed by atoms with Crippen LogP contribution in [0.25, 0.3) is 0 Å². The van der Waals surface area contributed by atoms with Gasteiger partial charge in [-0.15, -0.1) is 0 Å². The second-order valence-corrected chi connectivity index (χ2v) is 16.0. The van der Waals surface area contributed by atoms with Gasteiger partial charge in [0.2, 0.25) is 0 Å². The zero-order valence-corrected chi connectivity index (χ0v) is 32.5. The molecule has 0 aromatic carbocycles. The van der Waals surface area contributed by atoms with Crippen molar-refractivity contribution in [2.75, 3.05) is 21.2 Å². The number of cyclic esters (lactones) is 1. The van der Waals surface area contributed by atoms with E-state index < -0.39 is 96.0 Å². The molecule has 0 aliphatic carbocycles. The average molecular weight is 716 g/mol. The molecule has 0 radical (unpaired) electrons. The van der Waals surface area contributed by atoms with Gasteiger partial charge in [0.1, 0.15) is 29.9 Å². The third kappa shape index (κ3) is 9.32. The Bertz CT molecular complexity index is 1170. The van der Waals surface area contributed by atoms with Crippen molar-refractivity contribution in [1.82, 2.24) is 4.90 Å². The number of rotatable bonds is 7. The Labute approximate surface area is 298 Å². The minimum Gasteiger partial charge on any atom is -0.461 e. The lowest BCUT2D eigenvalue weighted by molar-refractivity contribution is -0.317. The molecule has 0 aromatic rings. The summed E-state index contributed by atoms with van der Waals surface area (Å²) in [6, 6.07) is -0.306. The van der Waals surface area contributed by atoms with E-state index in [1.54, 1.807) is 55.4 Å². The molecule has 50 heavy (non-hydrogen) atoms. The number of aliphatic hydroxyl groups excluding tert-OH is 2. The van der Waals surface area contributed by atoms with Crippen LogP contribution in [-0.4, -0.2) is 132 Å². The van der Waals surface area contributed by atoms with E-state index in [0.29, 0.717) is 12.8 Å². The molecule has 290 valence electrons. The lowest BCUT2D eigenvalue weighted by Crippen LogP contribution is -2.60. The molecule has 3 heterocycles. The molecule has 0 spiro atoms. The number of ketones is 2. The molecule has 17 unspecified atom stereocenters. The zero-order chi connectivity index (χ0) is 38.0. The van der Waals surface area contributed by atoms with Crippen LogP contribution in [0.3, 0.4) is 0 Å². The minimum atomic E-state index is -1.75. The van der Waals surface area contributed by atoms with Crippen molar-refractivity contribution in [1.29, 1.82) is 0 Å². The van der Waals surface area contributed by atoms with Crippen LogP contribution in [0.2, 0.25) is 0 Å². The first-order chi connectivity index (χ1) is 23.1. The topological polar surface area (TPSA) is 171 Å². The van der Waals surface area contributed by atoms with Crippen molar-refractivity contribution >= 4 is 17.5 Å². The monoisotopic (exact) mass is 715 g/mol. The molecule has 3 aliphatic rings. The maximum absolute atomic E-state index is 14.0. The number of Topliss-reactive ketones (excluding diaryl/α,β-unsaturated/α-hetero) is 2. The Balaban J connectivity index is 2.16. The van der Waals surface area contributed by atoms with Crippen LogP contribution < -0.4 is 0 Å². The number of likely N-dealkylation sites (N-methyl/N-ethyl adjacent to an activating group) is 1. The number of hydrogen-bond donors (Lipinski definition) is 3. The van der Waals surface area contributed by atoms with Gasteiger partial charge in [-0.2, -0.15) is 0 Å². The van der Waals surface area contributed by atoms with Crippen LogP contribution in [0.15, 0.2) is 0 Å². The van der Waals surface area contributed by atoms with Crippen LogP contribution in [0, 0.1) is 29.6 Å². The highest BCUT2D eigenvalue weighted by atomic mass is 16.7. The zero-order valence-electron chi connectivity index (χ0n) is 32.5. The van der Waals surface area contributed by atoms with Gasteiger partial charge in [0.15, 0.2) is 12.6 Å². The number of carbonyl (C=O) groups is 3. The van der Waals surface area contributed by atoms with Crippen LogP contribution in [-0.2, 0) is 42.8 Å². The average Bonchev–Trinajstić information content (AvgIpc) is 3.05. The van der Waals surface area contributed by atoms with Crippen molar-refractivity contribution in [3.8, 4) is 0 Å². The molecule has 0 bridgehead atoms. The van der Waals surface area contributed by atoms with Crippen LogP contribution >= 0.6 is 0 Å². The molecule has 3 fully saturated rings. The first-order valence-corrected chi connectivity index (χ1v) is 18.3. The van der Waals surface area contributed by atoms with Crippen molar-refractivity contribution in [2.24, 2.45) is 29.6 Å². The Kier molecular flexibility index (Phi) is 14.6. The van der Waals surface area contributed by atoms with Gasteiger partial charge in [-0.1, -0.05) is 27.7 Å². The Morgan fingerprint density at radius 3 is 2.08 bits per heavy atom.